The second-order valence-corrected chi connectivity index (χ2v) is 4.95. The number of hydrogen-bond acceptors (Lipinski definition) is 2. The highest BCUT2D eigenvalue weighted by Gasteiger charge is 2.19. The van der Waals surface area contributed by atoms with E-state index in [1.807, 2.05) is 0 Å². The highest BCUT2D eigenvalue weighted by Crippen LogP contribution is 2.36. The van der Waals surface area contributed by atoms with Crippen molar-refractivity contribution in [1.82, 2.24) is 9.42 Å². The van der Waals surface area contributed by atoms with Gasteiger partial charge in [-0.05, 0) is 11.6 Å². The fourth-order valence-electron chi connectivity index (χ4n) is 1.52. The molecule has 0 bridgehead atoms. The summed E-state index contributed by atoms with van der Waals surface area (Å²) >= 11 is 0. The molecular weight excluding hydrogens is 180 g/mol. The number of fused-ring (bicyclic) bond motifs is 1. The lowest BCUT2D eigenvalue weighted by atomic mass is 10.2. The Labute approximate surface area is 81.8 Å². The predicted octanol–water partition coefficient (Wildman–Crippen LogP) is 1.95. The summed E-state index contributed by atoms with van der Waals surface area (Å²) in [6.45, 7) is 0.992. The molecule has 70 valence electrons. The van der Waals surface area contributed by atoms with Gasteiger partial charge in [-0.2, -0.15) is 4.41 Å². The van der Waals surface area contributed by atoms with E-state index in [2.05, 4.69) is 53.7 Å². The summed E-state index contributed by atoms with van der Waals surface area (Å²) in [6, 6.07) is 8.54. The van der Waals surface area contributed by atoms with Crippen LogP contribution in [0.2, 0.25) is 0 Å². The fraction of sp³-hybridized carbons (Fsp3) is 0.300. The molecule has 1 aliphatic heterocycles. The van der Waals surface area contributed by atoms with Gasteiger partial charge in [0.1, 0.15) is 0 Å². The van der Waals surface area contributed by atoms with Crippen LogP contribution in [-0.2, 0) is 6.54 Å². The van der Waals surface area contributed by atoms with Crippen molar-refractivity contribution in [2.75, 3.05) is 14.1 Å². The molecule has 0 aliphatic carbocycles. The molecule has 0 saturated heterocycles. The van der Waals surface area contributed by atoms with Gasteiger partial charge < -0.3 is 0 Å². The summed E-state index contributed by atoms with van der Waals surface area (Å²) in [5.74, 6) is 4.18. The average Bonchev–Trinajstić information content (AvgIpc) is 2.15. The molecule has 0 amide bonds. The molecule has 3 heteroatoms. The first-order valence-electron chi connectivity index (χ1n) is 4.27. The van der Waals surface area contributed by atoms with Gasteiger partial charge in [0, 0.05) is 25.5 Å². The quantitative estimate of drug-likeness (QED) is 0.582. The van der Waals surface area contributed by atoms with E-state index in [1.54, 1.807) is 0 Å². The van der Waals surface area contributed by atoms with Crippen LogP contribution in [0, 0.1) is 0 Å². The molecule has 0 N–H and O–H groups in total. The van der Waals surface area contributed by atoms with Crippen LogP contribution in [0.3, 0.4) is 0 Å². The van der Waals surface area contributed by atoms with E-state index in [0.717, 1.165) is 6.54 Å². The van der Waals surface area contributed by atoms with E-state index in [4.69, 9.17) is 0 Å². The zero-order chi connectivity index (χ0) is 9.42. The van der Waals surface area contributed by atoms with Crippen LogP contribution in [0.5, 0.6) is 0 Å². The first-order valence-corrected chi connectivity index (χ1v) is 5.62. The fourth-order valence-corrected chi connectivity index (χ4v) is 2.87. The second kappa shape index (κ2) is 3.25. The van der Waals surface area contributed by atoms with Crippen molar-refractivity contribution in [3.8, 4) is 0 Å². The van der Waals surface area contributed by atoms with Crippen molar-refractivity contribution in [3.05, 3.63) is 29.8 Å². The maximum Gasteiger partial charge on any atom is 0.0401 e. The molecule has 1 aliphatic rings. The van der Waals surface area contributed by atoms with Crippen molar-refractivity contribution in [2.24, 2.45) is 0 Å². The van der Waals surface area contributed by atoms with E-state index in [9.17, 15) is 0 Å². The van der Waals surface area contributed by atoms with Crippen molar-refractivity contribution < 1.29 is 0 Å². The third kappa shape index (κ3) is 1.43. The second-order valence-electron chi connectivity index (χ2n) is 3.25. The number of hydrazine groups is 1. The zero-order valence-electron chi connectivity index (χ0n) is 8.03. The summed E-state index contributed by atoms with van der Waals surface area (Å²) in [5.41, 5.74) is 1.40. The molecule has 1 aromatic carbocycles. The molecule has 1 aromatic rings. The first-order chi connectivity index (χ1) is 6.20. The van der Waals surface area contributed by atoms with E-state index in [1.165, 1.54) is 10.5 Å². The van der Waals surface area contributed by atoms with Gasteiger partial charge in [-0.15, -0.1) is 0 Å². The van der Waals surface area contributed by atoms with Crippen LogP contribution in [0.4, 0.5) is 0 Å². The Bertz CT molecular complexity index is 349. The molecule has 1 heterocycles. The summed E-state index contributed by atoms with van der Waals surface area (Å²) in [6.07, 6.45) is 0. The van der Waals surface area contributed by atoms with E-state index in [0.29, 0.717) is 0 Å². The van der Waals surface area contributed by atoms with Crippen LogP contribution in [0.1, 0.15) is 5.56 Å². The number of nitrogens with zero attached hydrogens (tertiary/aromatic N) is 2. The lowest BCUT2D eigenvalue weighted by Crippen LogP contribution is -2.35. The van der Waals surface area contributed by atoms with Gasteiger partial charge >= 0.3 is 0 Å². The Balaban J connectivity index is 2.49. The molecular formula is C10H14N2S. The summed E-state index contributed by atoms with van der Waals surface area (Å²) in [7, 11) is 4.16. The van der Waals surface area contributed by atoms with E-state index >= 15 is 0 Å². The molecule has 0 spiro atoms. The molecule has 0 aromatic heterocycles. The monoisotopic (exact) mass is 194 g/mol. The van der Waals surface area contributed by atoms with Gasteiger partial charge in [0.25, 0.3) is 0 Å². The minimum Gasteiger partial charge on any atom is -0.231 e. The maximum absolute atomic E-state index is 4.18. The molecule has 0 saturated carbocycles. The van der Waals surface area contributed by atoms with Crippen molar-refractivity contribution in [3.63, 3.8) is 0 Å². The van der Waals surface area contributed by atoms with Crippen LogP contribution >= 0.6 is 10.7 Å². The highest BCUT2D eigenvalue weighted by molar-refractivity contribution is 8.12. The average molecular weight is 194 g/mol. The topological polar surface area (TPSA) is 6.48 Å². The SMILES string of the molecule is C=S1c2ccccc2CN(C)N1C. The summed E-state index contributed by atoms with van der Waals surface area (Å²) < 4.78 is 2.20. The maximum atomic E-state index is 4.18. The standard InChI is InChI=1S/C10H14N2S/c1-11-8-9-6-4-5-7-10(9)13(3)12(11)2/h4-7H,3,8H2,1-2H3. The lowest BCUT2D eigenvalue weighted by molar-refractivity contribution is 0.117. The van der Waals surface area contributed by atoms with Gasteiger partial charge in [0.05, 0.1) is 0 Å². The van der Waals surface area contributed by atoms with Gasteiger partial charge in [-0.25, -0.2) is 5.01 Å². The van der Waals surface area contributed by atoms with Crippen molar-refractivity contribution in [2.45, 2.75) is 11.4 Å². The molecule has 1 unspecified atom stereocenters. The van der Waals surface area contributed by atoms with Gasteiger partial charge in [-0.1, -0.05) is 34.7 Å². The van der Waals surface area contributed by atoms with Crippen LogP contribution in [-0.4, -0.2) is 29.4 Å². The molecule has 13 heavy (non-hydrogen) atoms. The number of hydrogen-bond donors (Lipinski definition) is 0. The van der Waals surface area contributed by atoms with E-state index in [-0.39, 0.29) is 10.7 Å². The molecule has 0 fully saturated rings. The minimum absolute atomic E-state index is 0.0307. The van der Waals surface area contributed by atoms with Crippen LogP contribution < -0.4 is 0 Å². The smallest absolute Gasteiger partial charge is 0.0401 e. The van der Waals surface area contributed by atoms with Gasteiger partial charge in [-0.3, -0.25) is 0 Å². The number of benzene rings is 1. The van der Waals surface area contributed by atoms with Crippen molar-refractivity contribution >= 4 is 16.5 Å². The first kappa shape index (κ1) is 8.94. The van der Waals surface area contributed by atoms with Crippen LogP contribution in [0.25, 0.3) is 0 Å². The molecule has 2 nitrogen and oxygen atoms in total. The normalized spacial score (nSPS) is 24.3. The Kier molecular flexibility index (Phi) is 2.24. The number of rotatable bonds is 0. The predicted molar refractivity (Wildman–Crippen MR) is 58.7 cm³/mol. The van der Waals surface area contributed by atoms with Gasteiger partial charge in [0.2, 0.25) is 0 Å². The Morgan fingerprint density at radius 3 is 2.77 bits per heavy atom. The largest absolute Gasteiger partial charge is 0.231 e. The minimum atomic E-state index is -0.0307. The molecule has 0 radical (unpaired) electrons. The Morgan fingerprint density at radius 2 is 2.00 bits per heavy atom. The summed E-state index contributed by atoms with van der Waals surface area (Å²) in [4.78, 5) is 1.38. The third-order valence-corrected chi connectivity index (χ3v) is 4.25. The third-order valence-electron chi connectivity index (χ3n) is 2.43. The van der Waals surface area contributed by atoms with Crippen LogP contribution in [0.15, 0.2) is 29.2 Å². The highest BCUT2D eigenvalue weighted by atomic mass is 32.2. The van der Waals surface area contributed by atoms with Crippen molar-refractivity contribution in [1.29, 1.82) is 0 Å². The van der Waals surface area contributed by atoms with E-state index < -0.39 is 0 Å². The zero-order valence-corrected chi connectivity index (χ0v) is 8.84. The molecule has 1 atom stereocenters. The lowest BCUT2D eigenvalue weighted by Gasteiger charge is -2.36. The Hall–Kier alpha value is -0.640. The molecule has 2 rings (SSSR count). The Morgan fingerprint density at radius 1 is 1.31 bits per heavy atom. The summed E-state index contributed by atoms with van der Waals surface area (Å²) in [5, 5.41) is 2.21. The van der Waals surface area contributed by atoms with Gasteiger partial charge in [0.15, 0.2) is 0 Å².